The van der Waals surface area contributed by atoms with Gasteiger partial charge in [0.25, 0.3) is 5.91 Å². The fourth-order valence-electron chi connectivity index (χ4n) is 4.09. The van der Waals surface area contributed by atoms with Gasteiger partial charge in [-0.2, -0.15) is 5.10 Å². The highest BCUT2D eigenvalue weighted by Crippen LogP contribution is 2.34. The van der Waals surface area contributed by atoms with Crippen molar-refractivity contribution < 1.29 is 9.18 Å². The largest absolute Gasteiger partial charge is 0.336 e. The third-order valence-electron chi connectivity index (χ3n) is 5.73. The number of carbonyl (C=O) groups excluding carboxylic acids is 1. The van der Waals surface area contributed by atoms with Gasteiger partial charge in [-0.3, -0.25) is 14.0 Å². The molecule has 3 heterocycles. The van der Waals surface area contributed by atoms with Crippen LogP contribution in [0, 0.1) is 12.4 Å². The van der Waals surface area contributed by atoms with Gasteiger partial charge in [0, 0.05) is 43.3 Å². The van der Waals surface area contributed by atoms with E-state index in [2.05, 4.69) is 14.9 Å². The lowest BCUT2D eigenvalue weighted by atomic mass is 10.1. The molecule has 1 fully saturated rings. The molecule has 2 aromatic carbocycles. The smallest absolute Gasteiger partial charge is 0.275 e. The normalized spacial score (nSPS) is 15.8. The highest BCUT2D eigenvalue weighted by molar-refractivity contribution is 6.33. The molecular weight excluding hydrogens is 445 g/mol. The maximum atomic E-state index is 14.5. The zero-order valence-corrected chi connectivity index (χ0v) is 18.4. The van der Waals surface area contributed by atoms with Crippen molar-refractivity contribution in [3.63, 3.8) is 0 Å². The van der Waals surface area contributed by atoms with Crippen molar-refractivity contribution in [3.8, 4) is 17.1 Å². The van der Waals surface area contributed by atoms with Crippen LogP contribution in [0.4, 0.5) is 10.1 Å². The number of likely N-dealkylation sites (tertiary alicyclic amines) is 1. The molecule has 0 spiro atoms. The number of fused-ring (bicyclic) bond motifs is 1. The average molecular weight is 464 g/mol. The summed E-state index contributed by atoms with van der Waals surface area (Å²) in [5.74, 6) is -0.714. The molecule has 1 saturated heterocycles. The number of carbonyl (C=O) groups is 1. The number of nitrogens with two attached hydrogens (primary N) is 1. The SMILES string of the molecule is [C-]#[N+]c1ccc(-c2nc(C(=O)N3CC[C@H](N)C3)c(Cl)n2-c2ccc3cn(C)nc3c2)cc1F. The molecule has 5 rings (SSSR count). The van der Waals surface area contributed by atoms with Crippen LogP contribution in [0.25, 0.3) is 32.8 Å². The molecule has 1 amide bonds. The van der Waals surface area contributed by atoms with Crippen molar-refractivity contribution in [2.75, 3.05) is 13.1 Å². The molecule has 1 aliphatic heterocycles. The van der Waals surface area contributed by atoms with Crippen molar-refractivity contribution >= 4 is 34.1 Å². The topological polar surface area (TPSA) is 86.3 Å². The first-order valence-electron chi connectivity index (χ1n) is 10.3. The molecular formula is C23H19ClFN7O. The number of benzene rings is 2. The van der Waals surface area contributed by atoms with Crippen LogP contribution >= 0.6 is 11.6 Å². The Labute approximate surface area is 193 Å². The number of amides is 1. The molecule has 0 unspecified atom stereocenters. The summed E-state index contributed by atoms with van der Waals surface area (Å²) in [6.07, 6.45) is 2.59. The minimum atomic E-state index is -0.674. The van der Waals surface area contributed by atoms with Gasteiger partial charge in [0.2, 0.25) is 5.69 Å². The number of aromatic nitrogens is 4. The van der Waals surface area contributed by atoms with Gasteiger partial charge >= 0.3 is 0 Å². The Morgan fingerprint density at radius 1 is 1.30 bits per heavy atom. The molecule has 2 aromatic heterocycles. The number of rotatable bonds is 3. The van der Waals surface area contributed by atoms with Crippen molar-refractivity contribution in [1.82, 2.24) is 24.2 Å². The van der Waals surface area contributed by atoms with E-state index in [9.17, 15) is 9.18 Å². The molecule has 0 saturated carbocycles. The van der Waals surface area contributed by atoms with Gasteiger partial charge in [-0.05, 0) is 30.7 Å². The number of aryl methyl sites for hydroxylation is 1. The molecule has 166 valence electrons. The Hall–Kier alpha value is -3.74. The fraction of sp³-hybridized carbons (Fsp3) is 0.217. The van der Waals surface area contributed by atoms with Crippen molar-refractivity contribution in [2.24, 2.45) is 12.8 Å². The van der Waals surface area contributed by atoms with E-state index in [1.54, 1.807) is 20.2 Å². The predicted octanol–water partition coefficient (Wildman–Crippen LogP) is 3.94. The van der Waals surface area contributed by atoms with E-state index < -0.39 is 5.82 Å². The molecule has 10 heteroatoms. The summed E-state index contributed by atoms with van der Waals surface area (Å²) in [7, 11) is 1.83. The van der Waals surface area contributed by atoms with E-state index in [4.69, 9.17) is 23.9 Å². The van der Waals surface area contributed by atoms with Crippen LogP contribution in [0.5, 0.6) is 0 Å². The lowest BCUT2D eigenvalue weighted by Crippen LogP contribution is -2.32. The summed E-state index contributed by atoms with van der Waals surface area (Å²) in [5.41, 5.74) is 7.69. The van der Waals surface area contributed by atoms with Crippen molar-refractivity contribution in [2.45, 2.75) is 12.5 Å². The number of nitrogens with zero attached hydrogens (tertiary/aromatic N) is 6. The van der Waals surface area contributed by atoms with Gasteiger partial charge in [-0.25, -0.2) is 14.2 Å². The molecule has 2 N–H and O–H groups in total. The minimum Gasteiger partial charge on any atom is -0.336 e. The van der Waals surface area contributed by atoms with Crippen molar-refractivity contribution in [3.05, 3.63) is 70.7 Å². The van der Waals surface area contributed by atoms with Gasteiger partial charge in [0.05, 0.1) is 17.8 Å². The average Bonchev–Trinajstić information content (AvgIpc) is 3.48. The van der Waals surface area contributed by atoms with Gasteiger partial charge < -0.3 is 10.6 Å². The summed E-state index contributed by atoms with van der Waals surface area (Å²) in [4.78, 5) is 22.5. The Balaban J connectivity index is 1.70. The number of hydrogen-bond donors (Lipinski definition) is 1. The summed E-state index contributed by atoms with van der Waals surface area (Å²) >= 11 is 6.73. The van der Waals surface area contributed by atoms with Gasteiger partial charge in [-0.1, -0.05) is 23.7 Å². The van der Waals surface area contributed by atoms with E-state index in [1.807, 2.05) is 31.4 Å². The molecule has 33 heavy (non-hydrogen) atoms. The van der Waals surface area contributed by atoms with Crippen LogP contribution < -0.4 is 5.73 Å². The molecule has 4 aromatic rings. The van der Waals surface area contributed by atoms with E-state index >= 15 is 0 Å². The van der Waals surface area contributed by atoms with Crippen LogP contribution in [-0.2, 0) is 7.05 Å². The molecule has 1 aliphatic rings. The quantitative estimate of drug-likeness (QED) is 0.466. The van der Waals surface area contributed by atoms with Gasteiger partial charge in [0.1, 0.15) is 16.8 Å². The zero-order chi connectivity index (χ0) is 23.3. The number of imidazole rings is 1. The zero-order valence-electron chi connectivity index (χ0n) is 17.7. The molecule has 0 aliphatic carbocycles. The Morgan fingerprint density at radius 2 is 2.12 bits per heavy atom. The first-order chi connectivity index (χ1) is 15.9. The second-order valence-corrected chi connectivity index (χ2v) is 8.39. The first kappa shape index (κ1) is 21.1. The van der Waals surface area contributed by atoms with E-state index in [1.165, 1.54) is 12.1 Å². The third kappa shape index (κ3) is 3.63. The van der Waals surface area contributed by atoms with Crippen LogP contribution in [0.2, 0.25) is 5.15 Å². The van der Waals surface area contributed by atoms with E-state index in [-0.39, 0.29) is 34.3 Å². The molecule has 8 nitrogen and oxygen atoms in total. The number of halogens is 2. The maximum Gasteiger partial charge on any atom is 0.275 e. The third-order valence-corrected chi connectivity index (χ3v) is 6.07. The highest BCUT2D eigenvalue weighted by Gasteiger charge is 2.30. The summed E-state index contributed by atoms with van der Waals surface area (Å²) in [6, 6.07) is 9.67. The first-order valence-corrected chi connectivity index (χ1v) is 10.7. The van der Waals surface area contributed by atoms with Crippen LogP contribution in [0.3, 0.4) is 0 Å². The molecule has 1 atom stereocenters. The van der Waals surface area contributed by atoms with Crippen LogP contribution in [0.15, 0.2) is 42.6 Å². The van der Waals surface area contributed by atoms with Crippen LogP contribution in [-0.4, -0.2) is 49.3 Å². The molecule has 0 bridgehead atoms. The second-order valence-electron chi connectivity index (χ2n) is 8.03. The summed E-state index contributed by atoms with van der Waals surface area (Å²) < 4.78 is 17.8. The van der Waals surface area contributed by atoms with Crippen LogP contribution in [0.1, 0.15) is 16.9 Å². The summed E-state index contributed by atoms with van der Waals surface area (Å²) in [6.45, 7) is 8.04. The highest BCUT2D eigenvalue weighted by atomic mass is 35.5. The maximum absolute atomic E-state index is 14.5. The monoisotopic (exact) mass is 463 g/mol. The summed E-state index contributed by atoms with van der Waals surface area (Å²) in [5, 5.41) is 5.49. The Bertz CT molecular complexity index is 1450. The second kappa shape index (κ2) is 7.99. The Morgan fingerprint density at radius 3 is 2.82 bits per heavy atom. The standard InChI is InChI=1S/C23H19ClFN7O/c1-27-18-6-4-13(9-17(18)25)22-28-20(23(33)31-8-7-15(26)12-31)21(24)32(22)16-5-3-14-11-30(2)29-19(14)10-16/h3-6,9-11,15H,7-8,12,26H2,2H3/t15-/m0/s1. The fourth-order valence-corrected chi connectivity index (χ4v) is 4.39. The van der Waals surface area contributed by atoms with E-state index in [0.717, 1.165) is 10.9 Å². The van der Waals surface area contributed by atoms with Gasteiger partial charge in [0.15, 0.2) is 5.69 Å². The lowest BCUT2D eigenvalue weighted by molar-refractivity contribution is 0.0786. The lowest BCUT2D eigenvalue weighted by Gasteiger charge is -2.14. The predicted molar refractivity (Wildman–Crippen MR) is 123 cm³/mol. The van der Waals surface area contributed by atoms with Crippen molar-refractivity contribution in [1.29, 1.82) is 0 Å². The molecule has 0 radical (unpaired) electrons. The minimum absolute atomic E-state index is 0.0662. The van der Waals surface area contributed by atoms with E-state index in [0.29, 0.717) is 30.8 Å². The number of hydrogen-bond acceptors (Lipinski definition) is 4. The van der Waals surface area contributed by atoms with Gasteiger partial charge in [-0.15, -0.1) is 0 Å². The Kier molecular flexibility index (Phi) is 5.12.